The number of amides is 1. The van der Waals surface area contributed by atoms with Gasteiger partial charge in [0.05, 0.1) is 0 Å². The molecule has 118 valence electrons. The lowest BCUT2D eigenvalue weighted by Crippen LogP contribution is -2.46. The Hall–Kier alpha value is -1.77. The number of hydrogen-bond acceptors (Lipinski definition) is 2. The maximum Gasteiger partial charge on any atom is 0.243 e. The zero-order chi connectivity index (χ0) is 15.4. The van der Waals surface area contributed by atoms with E-state index in [1.807, 2.05) is 0 Å². The Morgan fingerprint density at radius 3 is 2.82 bits per heavy atom. The molecule has 0 spiro atoms. The van der Waals surface area contributed by atoms with E-state index >= 15 is 0 Å². The first-order chi connectivity index (χ1) is 10.8. The molecule has 0 saturated heterocycles. The molecule has 1 aromatic rings. The first-order valence-electron chi connectivity index (χ1n) is 8.52. The molecule has 3 heteroatoms. The first kappa shape index (κ1) is 15.1. The number of para-hydroxylation sites is 1. The van der Waals surface area contributed by atoms with Crippen LogP contribution in [0.3, 0.4) is 0 Å². The number of anilines is 1. The molecular weight excluding hydrogens is 272 g/mol. The van der Waals surface area contributed by atoms with Crippen molar-refractivity contribution >= 4 is 11.6 Å². The van der Waals surface area contributed by atoms with Crippen LogP contribution in [-0.2, 0) is 11.2 Å². The monoisotopic (exact) mass is 298 g/mol. The number of rotatable bonds is 4. The van der Waals surface area contributed by atoms with Crippen LogP contribution in [0.5, 0.6) is 0 Å². The van der Waals surface area contributed by atoms with Crippen molar-refractivity contribution in [1.29, 1.82) is 0 Å². The molecule has 1 aliphatic carbocycles. The highest BCUT2D eigenvalue weighted by Crippen LogP contribution is 2.35. The number of nitrogens with zero attached hydrogens (tertiary/aromatic N) is 1. The third kappa shape index (κ3) is 3.34. The third-order valence-electron chi connectivity index (χ3n) is 5.03. The van der Waals surface area contributed by atoms with Gasteiger partial charge in [-0.3, -0.25) is 4.79 Å². The van der Waals surface area contributed by atoms with Crippen molar-refractivity contribution in [2.24, 2.45) is 5.92 Å². The molecule has 1 aromatic carbocycles. The number of hydrogen-bond donors (Lipinski definition) is 1. The number of carbonyl (C=O) groups is 1. The van der Waals surface area contributed by atoms with E-state index in [1.165, 1.54) is 49.4 Å². The summed E-state index contributed by atoms with van der Waals surface area (Å²) in [6, 6.07) is 9.46. The standard InChI is InChI=1S/C19H26N2O/c1-2-19(22)20-13-15-12-16-8-6-7-11-18(16)21(14-15)17-9-4-3-5-10-17/h2,6-8,11,15,17H,1,3-5,9-10,12-14H2,(H,20,22). The van der Waals surface area contributed by atoms with Crippen LogP contribution in [0.25, 0.3) is 0 Å². The second-order valence-electron chi connectivity index (χ2n) is 6.59. The van der Waals surface area contributed by atoms with Gasteiger partial charge in [-0.15, -0.1) is 0 Å². The van der Waals surface area contributed by atoms with Gasteiger partial charge in [0.15, 0.2) is 0 Å². The van der Waals surface area contributed by atoms with Crippen LogP contribution >= 0.6 is 0 Å². The Balaban J connectivity index is 1.75. The summed E-state index contributed by atoms with van der Waals surface area (Å²) in [5, 5.41) is 2.97. The van der Waals surface area contributed by atoms with E-state index in [1.54, 1.807) is 0 Å². The molecule has 1 fully saturated rings. The van der Waals surface area contributed by atoms with E-state index in [0.717, 1.165) is 19.5 Å². The second kappa shape index (κ2) is 6.99. The number of nitrogens with one attached hydrogen (secondary N) is 1. The zero-order valence-corrected chi connectivity index (χ0v) is 13.3. The Morgan fingerprint density at radius 2 is 2.05 bits per heavy atom. The third-order valence-corrected chi connectivity index (χ3v) is 5.03. The van der Waals surface area contributed by atoms with Crippen LogP contribution in [0.2, 0.25) is 0 Å². The molecule has 1 aliphatic heterocycles. The van der Waals surface area contributed by atoms with Crippen molar-refractivity contribution in [2.75, 3.05) is 18.0 Å². The summed E-state index contributed by atoms with van der Waals surface area (Å²) < 4.78 is 0. The summed E-state index contributed by atoms with van der Waals surface area (Å²) in [5.74, 6) is 0.420. The average Bonchev–Trinajstić information content (AvgIpc) is 2.59. The van der Waals surface area contributed by atoms with Crippen molar-refractivity contribution in [3.8, 4) is 0 Å². The van der Waals surface area contributed by atoms with Gasteiger partial charge >= 0.3 is 0 Å². The number of fused-ring (bicyclic) bond motifs is 1. The predicted octanol–water partition coefficient (Wildman–Crippen LogP) is 3.30. The van der Waals surface area contributed by atoms with Gasteiger partial charge < -0.3 is 10.2 Å². The van der Waals surface area contributed by atoms with Crippen molar-refractivity contribution in [2.45, 2.75) is 44.6 Å². The van der Waals surface area contributed by atoms with E-state index in [2.05, 4.69) is 41.1 Å². The van der Waals surface area contributed by atoms with Crippen molar-refractivity contribution in [3.63, 3.8) is 0 Å². The van der Waals surface area contributed by atoms with E-state index < -0.39 is 0 Å². The lowest BCUT2D eigenvalue weighted by atomic mass is 9.87. The Kier molecular flexibility index (Phi) is 4.81. The molecule has 3 rings (SSSR count). The Labute approximate surface area is 133 Å². The van der Waals surface area contributed by atoms with Gasteiger partial charge in [0.1, 0.15) is 0 Å². The van der Waals surface area contributed by atoms with E-state index in [-0.39, 0.29) is 5.91 Å². The van der Waals surface area contributed by atoms with Crippen molar-refractivity contribution < 1.29 is 4.79 Å². The van der Waals surface area contributed by atoms with Crippen molar-refractivity contribution in [1.82, 2.24) is 5.32 Å². The minimum atomic E-state index is -0.0666. The minimum Gasteiger partial charge on any atom is -0.368 e. The molecule has 1 saturated carbocycles. The van der Waals surface area contributed by atoms with Gasteiger partial charge in [-0.1, -0.05) is 44.0 Å². The molecule has 0 bridgehead atoms. The largest absolute Gasteiger partial charge is 0.368 e. The zero-order valence-electron chi connectivity index (χ0n) is 13.3. The van der Waals surface area contributed by atoms with Gasteiger partial charge in [-0.25, -0.2) is 0 Å². The number of carbonyl (C=O) groups excluding carboxylic acids is 1. The molecule has 1 N–H and O–H groups in total. The molecule has 1 heterocycles. The van der Waals surface area contributed by atoms with E-state index in [4.69, 9.17) is 0 Å². The van der Waals surface area contributed by atoms with Gasteiger partial charge in [0.2, 0.25) is 5.91 Å². The fraction of sp³-hybridized carbons (Fsp3) is 0.526. The molecule has 2 aliphatic rings. The quantitative estimate of drug-likeness (QED) is 0.865. The highest BCUT2D eigenvalue weighted by Gasteiger charge is 2.29. The lowest BCUT2D eigenvalue weighted by molar-refractivity contribution is -0.116. The molecule has 1 atom stereocenters. The normalized spacial score (nSPS) is 22.0. The van der Waals surface area contributed by atoms with Crippen molar-refractivity contribution in [3.05, 3.63) is 42.5 Å². The molecule has 3 nitrogen and oxygen atoms in total. The Morgan fingerprint density at radius 1 is 1.27 bits per heavy atom. The fourth-order valence-corrected chi connectivity index (χ4v) is 3.91. The highest BCUT2D eigenvalue weighted by atomic mass is 16.1. The van der Waals surface area contributed by atoms with Crippen LogP contribution < -0.4 is 10.2 Å². The van der Waals surface area contributed by atoms with Gasteiger partial charge in [-0.2, -0.15) is 0 Å². The molecule has 22 heavy (non-hydrogen) atoms. The summed E-state index contributed by atoms with van der Waals surface area (Å²) in [7, 11) is 0. The number of benzene rings is 1. The van der Waals surface area contributed by atoms with Crippen LogP contribution in [0.1, 0.15) is 37.7 Å². The molecule has 1 unspecified atom stereocenters. The fourth-order valence-electron chi connectivity index (χ4n) is 3.91. The van der Waals surface area contributed by atoms with Gasteiger partial charge in [-0.05, 0) is 42.9 Å². The smallest absolute Gasteiger partial charge is 0.243 e. The summed E-state index contributed by atoms with van der Waals surface area (Å²) in [5.41, 5.74) is 2.85. The topological polar surface area (TPSA) is 32.3 Å². The second-order valence-corrected chi connectivity index (χ2v) is 6.59. The van der Waals surface area contributed by atoms with Crippen LogP contribution in [-0.4, -0.2) is 25.0 Å². The molecular formula is C19H26N2O. The van der Waals surface area contributed by atoms with Crippen LogP contribution in [0.4, 0.5) is 5.69 Å². The average molecular weight is 298 g/mol. The van der Waals surface area contributed by atoms with Gasteiger partial charge in [0.25, 0.3) is 0 Å². The summed E-state index contributed by atoms with van der Waals surface area (Å²) in [4.78, 5) is 14.1. The maximum absolute atomic E-state index is 11.4. The Bertz CT molecular complexity index is 534. The predicted molar refractivity (Wildman–Crippen MR) is 91.1 cm³/mol. The minimum absolute atomic E-state index is 0.0666. The lowest BCUT2D eigenvalue weighted by Gasteiger charge is -2.42. The molecule has 0 aromatic heterocycles. The summed E-state index contributed by atoms with van der Waals surface area (Å²) >= 11 is 0. The van der Waals surface area contributed by atoms with Crippen LogP contribution in [0, 0.1) is 5.92 Å². The molecule has 1 amide bonds. The first-order valence-corrected chi connectivity index (χ1v) is 8.52. The molecule has 0 radical (unpaired) electrons. The highest BCUT2D eigenvalue weighted by molar-refractivity contribution is 5.86. The van der Waals surface area contributed by atoms with E-state index in [0.29, 0.717) is 12.0 Å². The SMILES string of the molecule is C=CC(=O)NCC1Cc2ccccc2N(C2CCCCC2)C1. The summed E-state index contributed by atoms with van der Waals surface area (Å²) in [6.45, 7) is 5.32. The maximum atomic E-state index is 11.4. The summed E-state index contributed by atoms with van der Waals surface area (Å²) in [6.07, 6.45) is 9.10. The van der Waals surface area contributed by atoms with Crippen LogP contribution in [0.15, 0.2) is 36.9 Å². The van der Waals surface area contributed by atoms with E-state index in [9.17, 15) is 4.79 Å². The van der Waals surface area contributed by atoms with Gasteiger partial charge in [0, 0.05) is 24.8 Å².